The van der Waals surface area contributed by atoms with Gasteiger partial charge < -0.3 is 15.5 Å². The molecule has 1 atom stereocenters. The average Bonchev–Trinajstić information content (AvgIpc) is 3.35. The zero-order valence-corrected chi connectivity index (χ0v) is 16.5. The molecule has 1 unspecified atom stereocenters. The fourth-order valence-corrected chi connectivity index (χ4v) is 3.66. The van der Waals surface area contributed by atoms with Crippen LogP contribution in [-0.4, -0.2) is 58.3 Å². The topological polar surface area (TPSA) is 82.7 Å². The standard InChI is InChI=1S/C19H23ClN8/c1-21-19(23-10-7-17-26-25-16-6-2-3-11-28(16)17)24-14-8-12-27(13-14)18-15(20)5-4-9-22-18/h2-6,9,11,14H,7-8,10,12-13H2,1H3,(H2,21,23,24). The van der Waals surface area contributed by atoms with Gasteiger partial charge in [0.15, 0.2) is 11.6 Å². The minimum atomic E-state index is 0.290. The molecule has 0 radical (unpaired) electrons. The fourth-order valence-electron chi connectivity index (χ4n) is 3.42. The molecule has 9 heteroatoms. The van der Waals surface area contributed by atoms with E-state index >= 15 is 0 Å². The minimum absolute atomic E-state index is 0.290. The van der Waals surface area contributed by atoms with Crippen LogP contribution in [0.25, 0.3) is 5.65 Å². The molecule has 8 nitrogen and oxygen atoms in total. The number of pyridine rings is 2. The molecule has 0 amide bonds. The van der Waals surface area contributed by atoms with Crippen molar-refractivity contribution in [2.24, 2.45) is 4.99 Å². The predicted molar refractivity (Wildman–Crippen MR) is 111 cm³/mol. The molecule has 3 aromatic heterocycles. The van der Waals surface area contributed by atoms with Crippen molar-refractivity contribution in [2.75, 3.05) is 31.6 Å². The summed E-state index contributed by atoms with van der Waals surface area (Å²) in [5.74, 6) is 2.55. The highest BCUT2D eigenvalue weighted by atomic mass is 35.5. The lowest BCUT2D eigenvalue weighted by molar-refractivity contribution is 0.645. The Bertz CT molecular complexity index is 969. The van der Waals surface area contributed by atoms with Gasteiger partial charge in [0.25, 0.3) is 0 Å². The van der Waals surface area contributed by atoms with Gasteiger partial charge in [-0.1, -0.05) is 17.7 Å². The van der Waals surface area contributed by atoms with Gasteiger partial charge in [-0.3, -0.25) is 9.39 Å². The highest BCUT2D eigenvalue weighted by Crippen LogP contribution is 2.25. The lowest BCUT2D eigenvalue weighted by Crippen LogP contribution is -2.45. The van der Waals surface area contributed by atoms with Crippen LogP contribution < -0.4 is 15.5 Å². The van der Waals surface area contributed by atoms with E-state index in [1.54, 1.807) is 13.2 Å². The predicted octanol–water partition coefficient (Wildman–Crippen LogP) is 1.76. The van der Waals surface area contributed by atoms with E-state index in [1.165, 1.54) is 0 Å². The molecule has 0 bridgehead atoms. The van der Waals surface area contributed by atoms with E-state index in [-0.39, 0.29) is 6.04 Å². The summed E-state index contributed by atoms with van der Waals surface area (Å²) in [7, 11) is 1.78. The molecule has 1 saturated heterocycles. The first-order chi connectivity index (χ1) is 13.7. The van der Waals surface area contributed by atoms with Crippen molar-refractivity contribution >= 4 is 29.0 Å². The minimum Gasteiger partial charge on any atom is -0.356 e. The van der Waals surface area contributed by atoms with Crippen LogP contribution in [0.5, 0.6) is 0 Å². The number of hydrogen-bond acceptors (Lipinski definition) is 5. The smallest absolute Gasteiger partial charge is 0.191 e. The number of rotatable bonds is 5. The van der Waals surface area contributed by atoms with E-state index in [0.717, 1.165) is 55.7 Å². The van der Waals surface area contributed by atoms with Gasteiger partial charge in [0.05, 0.1) is 5.02 Å². The zero-order chi connectivity index (χ0) is 19.3. The number of nitrogens with one attached hydrogen (secondary N) is 2. The van der Waals surface area contributed by atoms with E-state index in [2.05, 4.69) is 35.7 Å². The number of guanidine groups is 1. The van der Waals surface area contributed by atoms with E-state index < -0.39 is 0 Å². The molecule has 4 rings (SSSR count). The van der Waals surface area contributed by atoms with Gasteiger partial charge in [0.2, 0.25) is 0 Å². The SMILES string of the molecule is CN=C(NCCc1nnc2ccccn12)NC1CCN(c2ncccc2Cl)C1. The fraction of sp³-hybridized carbons (Fsp3) is 0.368. The maximum absolute atomic E-state index is 6.27. The molecule has 28 heavy (non-hydrogen) atoms. The van der Waals surface area contributed by atoms with Crippen LogP contribution in [0.3, 0.4) is 0 Å². The number of fused-ring (bicyclic) bond motifs is 1. The molecule has 146 valence electrons. The van der Waals surface area contributed by atoms with Crippen LogP contribution in [0.1, 0.15) is 12.2 Å². The van der Waals surface area contributed by atoms with Crippen LogP contribution in [0, 0.1) is 0 Å². The van der Waals surface area contributed by atoms with Gasteiger partial charge in [-0.05, 0) is 30.7 Å². The van der Waals surface area contributed by atoms with Crippen molar-refractivity contribution in [3.05, 3.63) is 53.6 Å². The first kappa shape index (κ1) is 18.5. The lowest BCUT2D eigenvalue weighted by atomic mass is 10.3. The van der Waals surface area contributed by atoms with Crippen molar-refractivity contribution in [3.63, 3.8) is 0 Å². The molecular formula is C19H23ClN8. The molecule has 0 saturated carbocycles. The van der Waals surface area contributed by atoms with Crippen molar-refractivity contribution in [1.29, 1.82) is 0 Å². The van der Waals surface area contributed by atoms with Crippen molar-refractivity contribution in [2.45, 2.75) is 18.9 Å². The van der Waals surface area contributed by atoms with Gasteiger partial charge in [0.1, 0.15) is 11.6 Å². The summed E-state index contributed by atoms with van der Waals surface area (Å²) in [6.07, 6.45) is 5.51. The molecule has 2 N–H and O–H groups in total. The van der Waals surface area contributed by atoms with Crippen LogP contribution in [0.15, 0.2) is 47.7 Å². The maximum Gasteiger partial charge on any atom is 0.191 e. The summed E-state index contributed by atoms with van der Waals surface area (Å²) in [4.78, 5) is 10.9. The summed E-state index contributed by atoms with van der Waals surface area (Å²) >= 11 is 6.27. The number of aromatic nitrogens is 4. The first-order valence-electron chi connectivity index (χ1n) is 9.36. The normalized spacial score (nSPS) is 17.3. The Morgan fingerprint density at radius 1 is 1.29 bits per heavy atom. The number of aliphatic imine (C=N–C) groups is 1. The summed E-state index contributed by atoms with van der Waals surface area (Å²) in [5, 5.41) is 16.0. The summed E-state index contributed by atoms with van der Waals surface area (Å²) < 4.78 is 2.00. The Morgan fingerprint density at radius 2 is 2.21 bits per heavy atom. The lowest BCUT2D eigenvalue weighted by Gasteiger charge is -2.20. The molecule has 1 fully saturated rings. The highest BCUT2D eigenvalue weighted by molar-refractivity contribution is 6.32. The summed E-state index contributed by atoms with van der Waals surface area (Å²) in [6, 6.07) is 9.90. The Labute approximate surface area is 168 Å². The van der Waals surface area contributed by atoms with Gasteiger partial charge in [-0.15, -0.1) is 10.2 Å². The Balaban J connectivity index is 1.29. The third-order valence-electron chi connectivity index (χ3n) is 4.82. The second kappa shape index (κ2) is 8.43. The second-order valence-electron chi connectivity index (χ2n) is 6.68. The molecule has 0 aromatic carbocycles. The van der Waals surface area contributed by atoms with E-state index in [4.69, 9.17) is 11.6 Å². The zero-order valence-electron chi connectivity index (χ0n) is 15.7. The van der Waals surface area contributed by atoms with E-state index in [0.29, 0.717) is 5.02 Å². The Hall–Kier alpha value is -2.87. The van der Waals surface area contributed by atoms with Crippen LogP contribution in [0.2, 0.25) is 5.02 Å². The molecule has 1 aliphatic rings. The number of hydrogen-bond donors (Lipinski definition) is 2. The molecule has 1 aliphatic heterocycles. The van der Waals surface area contributed by atoms with Gasteiger partial charge in [0, 0.05) is 51.5 Å². The molecular weight excluding hydrogens is 376 g/mol. The summed E-state index contributed by atoms with van der Waals surface area (Å²) in [6.45, 7) is 2.47. The molecule has 3 aromatic rings. The molecule has 0 aliphatic carbocycles. The average molecular weight is 399 g/mol. The second-order valence-corrected chi connectivity index (χ2v) is 7.09. The third kappa shape index (κ3) is 4.01. The summed E-state index contributed by atoms with van der Waals surface area (Å²) in [5.41, 5.74) is 0.860. The van der Waals surface area contributed by atoms with Crippen molar-refractivity contribution in [1.82, 2.24) is 30.2 Å². The maximum atomic E-state index is 6.27. The monoisotopic (exact) mass is 398 g/mol. The third-order valence-corrected chi connectivity index (χ3v) is 5.11. The quantitative estimate of drug-likeness (QED) is 0.503. The number of nitrogens with zero attached hydrogens (tertiary/aromatic N) is 6. The number of halogens is 1. The largest absolute Gasteiger partial charge is 0.356 e. The van der Waals surface area contributed by atoms with Crippen molar-refractivity contribution in [3.8, 4) is 0 Å². The number of anilines is 1. The van der Waals surface area contributed by atoms with Gasteiger partial charge in [-0.2, -0.15) is 0 Å². The van der Waals surface area contributed by atoms with E-state index in [1.807, 2.05) is 40.9 Å². The van der Waals surface area contributed by atoms with Gasteiger partial charge in [-0.25, -0.2) is 4.98 Å². The molecule has 4 heterocycles. The first-order valence-corrected chi connectivity index (χ1v) is 9.73. The Kier molecular flexibility index (Phi) is 5.57. The van der Waals surface area contributed by atoms with E-state index in [9.17, 15) is 0 Å². The van der Waals surface area contributed by atoms with Crippen LogP contribution in [0.4, 0.5) is 5.82 Å². The van der Waals surface area contributed by atoms with Crippen LogP contribution in [-0.2, 0) is 6.42 Å². The molecule has 0 spiro atoms. The van der Waals surface area contributed by atoms with Gasteiger partial charge >= 0.3 is 0 Å². The van der Waals surface area contributed by atoms with Crippen molar-refractivity contribution < 1.29 is 0 Å². The Morgan fingerprint density at radius 3 is 3.07 bits per heavy atom. The van der Waals surface area contributed by atoms with Crippen LogP contribution >= 0.6 is 11.6 Å². The highest BCUT2D eigenvalue weighted by Gasteiger charge is 2.25.